The zero-order valence-electron chi connectivity index (χ0n) is 17.4. The number of imide groups is 1. The number of carbonyl (C=O) groups excluding carboxylic acids is 2. The van der Waals surface area contributed by atoms with Gasteiger partial charge in [0.15, 0.2) is 5.16 Å². The highest BCUT2D eigenvalue weighted by atomic mass is 32.2. The van der Waals surface area contributed by atoms with Gasteiger partial charge in [-0.05, 0) is 30.0 Å². The second-order valence-corrected chi connectivity index (χ2v) is 10.3. The van der Waals surface area contributed by atoms with E-state index in [1.165, 1.54) is 12.4 Å². The highest BCUT2D eigenvalue weighted by Crippen LogP contribution is 2.41. The molecule has 2 heterocycles. The van der Waals surface area contributed by atoms with Crippen LogP contribution in [0.5, 0.6) is 5.75 Å². The number of hydrogen-bond acceptors (Lipinski definition) is 8. The maximum atomic E-state index is 12.9. The van der Waals surface area contributed by atoms with Crippen molar-refractivity contribution in [3.05, 3.63) is 72.1 Å². The molecule has 10 nitrogen and oxygen atoms in total. The van der Waals surface area contributed by atoms with Crippen molar-refractivity contribution in [3.8, 4) is 5.75 Å². The fourth-order valence-corrected chi connectivity index (χ4v) is 5.54. The maximum Gasteiger partial charge on any atom is 0.261 e. The van der Waals surface area contributed by atoms with Crippen molar-refractivity contribution >= 4 is 50.1 Å². The number of nitrogens with zero attached hydrogens (tertiary/aromatic N) is 3. The molecule has 0 atom stereocenters. The largest absolute Gasteiger partial charge is 0.506 e. The number of phenolic OH excluding ortho intramolecular Hbond substituents is 1. The van der Waals surface area contributed by atoms with E-state index >= 15 is 0 Å². The fourth-order valence-electron chi connectivity index (χ4n) is 3.72. The average Bonchev–Trinajstić information content (AvgIpc) is 3.42. The van der Waals surface area contributed by atoms with Crippen molar-refractivity contribution in [1.29, 1.82) is 0 Å². The summed E-state index contributed by atoms with van der Waals surface area (Å²) in [7, 11) is -3.96. The highest BCUT2D eigenvalue weighted by Gasteiger charge is 2.35. The number of H-pyrrole nitrogens is 1. The quantitative estimate of drug-likeness (QED) is 0.262. The number of hydrogen-bond donors (Lipinski definition) is 3. The van der Waals surface area contributed by atoms with Gasteiger partial charge in [0.2, 0.25) is 10.0 Å². The zero-order chi connectivity index (χ0) is 23.9. The summed E-state index contributed by atoms with van der Waals surface area (Å²) in [6, 6.07) is 14.7. The minimum Gasteiger partial charge on any atom is -0.506 e. The Bertz CT molecular complexity index is 1500. The summed E-state index contributed by atoms with van der Waals surface area (Å²) in [5, 5.41) is 18.5. The molecule has 5 rings (SSSR count). The molecule has 2 amide bonds. The van der Waals surface area contributed by atoms with Gasteiger partial charge in [-0.2, -0.15) is 5.10 Å². The third kappa shape index (κ3) is 3.97. The number of carbonyl (C=O) groups is 2. The van der Waals surface area contributed by atoms with Gasteiger partial charge < -0.3 is 5.11 Å². The molecule has 0 radical (unpaired) electrons. The number of fused-ring (bicyclic) bond motifs is 2. The van der Waals surface area contributed by atoms with Crippen LogP contribution in [0.1, 0.15) is 20.7 Å². The number of rotatable bonds is 7. The Hall–Kier alpha value is -3.90. The van der Waals surface area contributed by atoms with E-state index in [2.05, 4.69) is 19.9 Å². The molecule has 3 aromatic carbocycles. The summed E-state index contributed by atoms with van der Waals surface area (Å²) >= 11 is 1.09. The van der Waals surface area contributed by atoms with Gasteiger partial charge in [-0.25, -0.2) is 13.4 Å². The number of anilines is 1. The van der Waals surface area contributed by atoms with Crippen molar-refractivity contribution in [3.63, 3.8) is 0 Å². The van der Waals surface area contributed by atoms with Gasteiger partial charge in [0.05, 0.1) is 27.5 Å². The van der Waals surface area contributed by atoms with Crippen LogP contribution in [0.4, 0.5) is 5.69 Å². The summed E-state index contributed by atoms with van der Waals surface area (Å²) in [5.41, 5.74) is 0.769. The minimum atomic E-state index is -3.96. The summed E-state index contributed by atoms with van der Waals surface area (Å²) in [6.07, 6.45) is 1.32. The lowest BCUT2D eigenvalue weighted by Crippen LogP contribution is -2.35. The van der Waals surface area contributed by atoms with Gasteiger partial charge in [-0.1, -0.05) is 36.4 Å². The summed E-state index contributed by atoms with van der Waals surface area (Å²) in [6.45, 7) is -0.294. The first-order valence-corrected chi connectivity index (χ1v) is 12.5. The van der Waals surface area contributed by atoms with Crippen LogP contribution < -0.4 is 4.72 Å². The number of aromatic amines is 1. The lowest BCUT2D eigenvalue weighted by atomic mass is 10.1. The number of aromatic nitrogens is 3. The molecule has 0 fully saturated rings. The Labute approximate surface area is 198 Å². The van der Waals surface area contributed by atoms with Crippen LogP contribution in [0.15, 0.2) is 71.0 Å². The van der Waals surface area contributed by atoms with Crippen LogP contribution >= 0.6 is 11.8 Å². The molecule has 0 spiro atoms. The van der Waals surface area contributed by atoms with E-state index in [1.807, 2.05) is 0 Å². The Kier molecular flexibility index (Phi) is 5.46. The van der Waals surface area contributed by atoms with Crippen molar-refractivity contribution in [1.82, 2.24) is 20.1 Å². The fraction of sp³-hybridized carbons (Fsp3) is 0.0909. The number of phenols is 1. The van der Waals surface area contributed by atoms with Gasteiger partial charge in [-0.15, -0.1) is 0 Å². The van der Waals surface area contributed by atoms with Gasteiger partial charge >= 0.3 is 0 Å². The summed E-state index contributed by atoms with van der Waals surface area (Å²) in [5.74, 6) is -1.54. The van der Waals surface area contributed by atoms with E-state index in [0.29, 0.717) is 20.8 Å². The predicted octanol–water partition coefficient (Wildman–Crippen LogP) is 2.85. The van der Waals surface area contributed by atoms with Crippen LogP contribution in [0.2, 0.25) is 0 Å². The second-order valence-electron chi connectivity index (χ2n) is 7.44. The van der Waals surface area contributed by atoms with Gasteiger partial charge in [-0.3, -0.25) is 24.3 Å². The van der Waals surface area contributed by atoms with Crippen molar-refractivity contribution in [2.24, 2.45) is 0 Å². The lowest BCUT2D eigenvalue weighted by Gasteiger charge is -2.16. The lowest BCUT2D eigenvalue weighted by molar-refractivity contribution is 0.0664. The molecule has 1 aliphatic rings. The summed E-state index contributed by atoms with van der Waals surface area (Å²) < 4.78 is 28.4. The van der Waals surface area contributed by atoms with E-state index < -0.39 is 27.6 Å². The van der Waals surface area contributed by atoms with E-state index in [4.69, 9.17) is 0 Å². The van der Waals surface area contributed by atoms with Crippen LogP contribution in [-0.2, 0) is 10.0 Å². The van der Waals surface area contributed by atoms with E-state index in [9.17, 15) is 23.1 Å². The molecule has 1 aromatic heterocycles. The Morgan fingerprint density at radius 3 is 2.29 bits per heavy atom. The smallest absolute Gasteiger partial charge is 0.261 e. The molecule has 0 saturated heterocycles. The molecule has 3 N–H and O–H groups in total. The third-order valence-corrected chi connectivity index (χ3v) is 7.48. The van der Waals surface area contributed by atoms with Crippen LogP contribution in [0.3, 0.4) is 0 Å². The van der Waals surface area contributed by atoms with Gasteiger partial charge in [0.25, 0.3) is 11.8 Å². The summed E-state index contributed by atoms with van der Waals surface area (Å²) in [4.78, 5) is 30.4. The first-order chi connectivity index (χ1) is 16.3. The standard InChI is InChI=1S/C22H17N5O5S2/c28-19-14-6-2-1-5-13(14)17(11-18(19)33-22-23-12-24-25-22)26-34(31,32)10-9-27-20(29)15-7-3-4-8-16(15)21(27)30/h1-8,11-12,26,28H,9-10H2,(H,23,24,25). The van der Waals surface area contributed by atoms with Crippen LogP contribution in [-0.4, -0.2) is 57.7 Å². The average molecular weight is 496 g/mol. The highest BCUT2D eigenvalue weighted by molar-refractivity contribution is 7.99. The zero-order valence-corrected chi connectivity index (χ0v) is 19.1. The number of nitrogens with one attached hydrogen (secondary N) is 2. The molecule has 1 aliphatic heterocycles. The SMILES string of the molecule is O=C1c2ccccc2C(=O)N1CCS(=O)(=O)Nc1cc(Sc2ncn[nH]2)c(O)c2ccccc12. The Morgan fingerprint density at radius 1 is 1.00 bits per heavy atom. The molecule has 0 aliphatic carbocycles. The number of sulfonamides is 1. The molecule has 172 valence electrons. The molecule has 34 heavy (non-hydrogen) atoms. The van der Waals surface area contributed by atoms with Gasteiger partial charge in [0, 0.05) is 17.3 Å². The van der Waals surface area contributed by atoms with E-state index in [1.54, 1.807) is 48.5 Å². The van der Waals surface area contributed by atoms with Crippen molar-refractivity contribution in [2.75, 3.05) is 17.0 Å². The monoisotopic (exact) mass is 495 g/mol. The predicted molar refractivity (Wildman–Crippen MR) is 125 cm³/mol. The van der Waals surface area contributed by atoms with E-state index in [0.717, 1.165) is 16.7 Å². The Morgan fingerprint density at radius 2 is 1.65 bits per heavy atom. The van der Waals surface area contributed by atoms with Crippen LogP contribution in [0.25, 0.3) is 10.8 Å². The first kappa shape index (κ1) is 21.9. The molecule has 0 bridgehead atoms. The van der Waals surface area contributed by atoms with Crippen molar-refractivity contribution < 1.29 is 23.1 Å². The number of benzene rings is 3. The molecule has 12 heteroatoms. The number of aromatic hydroxyl groups is 1. The molecule has 0 saturated carbocycles. The third-order valence-electron chi connectivity index (χ3n) is 5.31. The molecule has 0 unspecified atom stereocenters. The second kappa shape index (κ2) is 8.47. The minimum absolute atomic E-state index is 0.0222. The maximum absolute atomic E-state index is 12.9. The van der Waals surface area contributed by atoms with E-state index in [-0.39, 0.29) is 29.1 Å². The molecular formula is C22H17N5O5S2. The first-order valence-electron chi connectivity index (χ1n) is 10.1. The van der Waals surface area contributed by atoms with Crippen LogP contribution in [0, 0.1) is 0 Å². The molecular weight excluding hydrogens is 478 g/mol. The Balaban J connectivity index is 1.40. The number of amides is 2. The normalized spacial score (nSPS) is 13.5. The topological polar surface area (TPSA) is 145 Å². The van der Waals surface area contributed by atoms with Crippen molar-refractivity contribution in [2.45, 2.75) is 10.1 Å². The van der Waals surface area contributed by atoms with Gasteiger partial charge in [0.1, 0.15) is 12.1 Å². The molecule has 4 aromatic rings.